The number of rotatable bonds is 5. The van der Waals surface area contributed by atoms with Crippen molar-refractivity contribution in [3.63, 3.8) is 0 Å². The van der Waals surface area contributed by atoms with Gasteiger partial charge < -0.3 is 10.3 Å². The molecule has 1 fully saturated rings. The molecule has 0 unspecified atom stereocenters. The summed E-state index contributed by atoms with van der Waals surface area (Å²) in [4.78, 5) is 32.1. The van der Waals surface area contributed by atoms with Gasteiger partial charge in [0.05, 0.1) is 17.6 Å². The maximum Gasteiger partial charge on any atom is 0.227 e. The average Bonchev–Trinajstić information content (AvgIpc) is 3.74. The Balaban J connectivity index is 1.24. The zero-order chi connectivity index (χ0) is 25.6. The van der Waals surface area contributed by atoms with E-state index in [0.717, 1.165) is 70.2 Å². The molecule has 7 rings (SSSR count). The summed E-state index contributed by atoms with van der Waals surface area (Å²) in [6, 6.07) is 12.5. The highest BCUT2D eigenvalue weighted by molar-refractivity contribution is 7.15. The van der Waals surface area contributed by atoms with Crippen molar-refractivity contribution in [1.29, 1.82) is 0 Å². The standard InChI is InChI=1S/C29H25N7OS/c1-16-6-7-25(38-16)21-8-9-31-27-22(21)12-24(34-27)26-23-11-19(14-32-28(23)36-35-26)18-10-20(15-30-13-18)33-29(37)17-4-2-3-5-17/h6-15,17H,2-5H2,1H3,(H,31,34)(H,33,37)(H,32,35,36). The van der Waals surface area contributed by atoms with Gasteiger partial charge in [-0.1, -0.05) is 12.8 Å². The average molecular weight is 520 g/mol. The number of fused-ring (bicyclic) bond motifs is 2. The number of amides is 1. The topological polar surface area (TPSA) is 112 Å². The number of H-pyrrole nitrogens is 2. The second-order valence-electron chi connectivity index (χ2n) is 9.84. The number of thiophene rings is 1. The first-order valence-electron chi connectivity index (χ1n) is 12.8. The fourth-order valence-corrected chi connectivity index (χ4v) is 6.22. The van der Waals surface area contributed by atoms with E-state index in [9.17, 15) is 4.79 Å². The lowest BCUT2D eigenvalue weighted by atomic mass is 10.1. The van der Waals surface area contributed by atoms with Crippen LogP contribution in [0, 0.1) is 12.8 Å². The summed E-state index contributed by atoms with van der Waals surface area (Å²) in [5.41, 5.74) is 6.79. The monoisotopic (exact) mass is 519 g/mol. The van der Waals surface area contributed by atoms with Crippen molar-refractivity contribution in [2.75, 3.05) is 5.32 Å². The molecule has 1 aliphatic carbocycles. The van der Waals surface area contributed by atoms with Gasteiger partial charge in [-0.15, -0.1) is 11.3 Å². The van der Waals surface area contributed by atoms with Gasteiger partial charge in [0, 0.05) is 61.7 Å². The molecule has 1 saturated carbocycles. The predicted octanol–water partition coefficient (Wildman–Crippen LogP) is 6.73. The van der Waals surface area contributed by atoms with E-state index in [-0.39, 0.29) is 11.8 Å². The SMILES string of the molecule is Cc1ccc(-c2ccnc3[nH]c(-c4n[nH]c5ncc(-c6cncc(NC(=O)C7CCCC7)c6)cc45)cc23)s1. The van der Waals surface area contributed by atoms with Crippen LogP contribution in [0.4, 0.5) is 5.69 Å². The van der Waals surface area contributed by atoms with Gasteiger partial charge in [-0.25, -0.2) is 9.97 Å². The number of carbonyl (C=O) groups is 1. The number of pyridine rings is 3. The van der Waals surface area contributed by atoms with E-state index in [1.165, 1.54) is 9.75 Å². The van der Waals surface area contributed by atoms with Crippen LogP contribution in [0.1, 0.15) is 30.6 Å². The molecule has 0 radical (unpaired) electrons. The lowest BCUT2D eigenvalue weighted by Gasteiger charge is -2.11. The van der Waals surface area contributed by atoms with Crippen LogP contribution in [0.3, 0.4) is 0 Å². The van der Waals surface area contributed by atoms with E-state index in [4.69, 9.17) is 0 Å². The Labute approximate surface area is 222 Å². The van der Waals surface area contributed by atoms with Gasteiger partial charge >= 0.3 is 0 Å². The Kier molecular flexibility index (Phi) is 5.51. The Bertz CT molecular complexity index is 1810. The Morgan fingerprint density at radius 1 is 0.974 bits per heavy atom. The van der Waals surface area contributed by atoms with Gasteiger partial charge in [0.1, 0.15) is 11.3 Å². The maximum absolute atomic E-state index is 12.6. The first-order chi connectivity index (χ1) is 18.6. The molecule has 1 aliphatic rings. The van der Waals surface area contributed by atoms with Gasteiger partial charge in [-0.2, -0.15) is 5.10 Å². The second-order valence-corrected chi connectivity index (χ2v) is 11.1. The molecule has 0 aromatic carbocycles. The van der Waals surface area contributed by atoms with E-state index in [1.54, 1.807) is 29.9 Å². The van der Waals surface area contributed by atoms with Crippen molar-refractivity contribution in [1.82, 2.24) is 30.1 Å². The zero-order valence-electron chi connectivity index (χ0n) is 20.8. The molecular formula is C29H25N7OS. The van der Waals surface area contributed by atoms with Gasteiger partial charge in [-0.05, 0) is 56.2 Å². The number of aromatic nitrogens is 6. The van der Waals surface area contributed by atoms with E-state index < -0.39 is 0 Å². The first-order valence-corrected chi connectivity index (χ1v) is 13.6. The zero-order valence-corrected chi connectivity index (χ0v) is 21.6. The fraction of sp³-hybridized carbons (Fsp3) is 0.207. The number of aromatic amines is 2. The van der Waals surface area contributed by atoms with Crippen LogP contribution in [0.5, 0.6) is 0 Å². The van der Waals surface area contributed by atoms with Gasteiger partial charge in [0.25, 0.3) is 0 Å². The highest BCUT2D eigenvalue weighted by Gasteiger charge is 2.23. The van der Waals surface area contributed by atoms with Crippen molar-refractivity contribution in [2.45, 2.75) is 32.6 Å². The normalized spacial score (nSPS) is 14.0. The van der Waals surface area contributed by atoms with Crippen LogP contribution < -0.4 is 5.32 Å². The van der Waals surface area contributed by atoms with Crippen LogP contribution in [0.15, 0.2) is 61.2 Å². The molecule has 0 atom stereocenters. The van der Waals surface area contributed by atoms with Crippen molar-refractivity contribution in [3.05, 3.63) is 66.1 Å². The molecule has 8 nitrogen and oxygen atoms in total. The smallest absolute Gasteiger partial charge is 0.227 e. The minimum absolute atomic E-state index is 0.0802. The Hall–Kier alpha value is -4.37. The van der Waals surface area contributed by atoms with Crippen molar-refractivity contribution >= 4 is 45.0 Å². The van der Waals surface area contributed by atoms with E-state index in [2.05, 4.69) is 72.7 Å². The van der Waals surface area contributed by atoms with Gasteiger partial charge in [0.15, 0.2) is 5.65 Å². The largest absolute Gasteiger partial charge is 0.338 e. The molecule has 6 aromatic rings. The van der Waals surface area contributed by atoms with E-state index in [1.807, 2.05) is 12.3 Å². The molecule has 3 N–H and O–H groups in total. The molecule has 6 aromatic heterocycles. The highest BCUT2D eigenvalue weighted by Crippen LogP contribution is 2.36. The lowest BCUT2D eigenvalue weighted by molar-refractivity contribution is -0.119. The minimum atomic E-state index is 0.0802. The first kappa shape index (κ1) is 22.8. The molecule has 6 heterocycles. The maximum atomic E-state index is 12.6. The fourth-order valence-electron chi connectivity index (χ4n) is 5.31. The lowest BCUT2D eigenvalue weighted by Crippen LogP contribution is -2.20. The quantitative estimate of drug-likeness (QED) is 0.234. The van der Waals surface area contributed by atoms with Crippen LogP contribution in [0.2, 0.25) is 0 Å². The number of nitrogens with one attached hydrogen (secondary N) is 3. The van der Waals surface area contributed by atoms with E-state index in [0.29, 0.717) is 11.3 Å². The molecule has 38 heavy (non-hydrogen) atoms. The molecule has 0 bridgehead atoms. The molecule has 0 saturated heterocycles. The number of carbonyl (C=O) groups excluding carboxylic acids is 1. The molecule has 9 heteroatoms. The summed E-state index contributed by atoms with van der Waals surface area (Å²) in [5.74, 6) is 0.178. The third kappa shape index (κ3) is 4.05. The third-order valence-corrected chi connectivity index (χ3v) is 8.31. The Morgan fingerprint density at radius 2 is 1.84 bits per heavy atom. The molecule has 0 aliphatic heterocycles. The van der Waals surface area contributed by atoms with E-state index >= 15 is 0 Å². The number of nitrogens with zero attached hydrogens (tertiary/aromatic N) is 4. The summed E-state index contributed by atoms with van der Waals surface area (Å²) in [7, 11) is 0. The van der Waals surface area contributed by atoms with Gasteiger partial charge in [-0.3, -0.25) is 14.9 Å². The number of hydrogen-bond donors (Lipinski definition) is 3. The van der Waals surface area contributed by atoms with Crippen molar-refractivity contribution in [2.24, 2.45) is 5.92 Å². The summed E-state index contributed by atoms with van der Waals surface area (Å²) in [6.07, 6.45) is 11.3. The molecular weight excluding hydrogens is 494 g/mol. The molecule has 0 spiro atoms. The van der Waals surface area contributed by atoms with Crippen LogP contribution in [-0.2, 0) is 4.79 Å². The number of aryl methyl sites for hydroxylation is 1. The molecule has 1 amide bonds. The summed E-state index contributed by atoms with van der Waals surface area (Å²) in [5, 5.41) is 12.6. The van der Waals surface area contributed by atoms with Crippen molar-refractivity contribution in [3.8, 4) is 33.0 Å². The Morgan fingerprint density at radius 3 is 2.68 bits per heavy atom. The number of anilines is 1. The minimum Gasteiger partial charge on any atom is -0.338 e. The van der Waals surface area contributed by atoms with Crippen LogP contribution in [-0.4, -0.2) is 36.0 Å². The van der Waals surface area contributed by atoms with Gasteiger partial charge in [0.2, 0.25) is 5.91 Å². The third-order valence-electron chi connectivity index (χ3n) is 7.27. The molecule has 188 valence electrons. The summed E-state index contributed by atoms with van der Waals surface area (Å²) < 4.78 is 0. The second kappa shape index (κ2) is 9.18. The predicted molar refractivity (Wildman–Crippen MR) is 151 cm³/mol. The summed E-state index contributed by atoms with van der Waals surface area (Å²) >= 11 is 1.77. The number of hydrogen-bond acceptors (Lipinski definition) is 6. The highest BCUT2D eigenvalue weighted by atomic mass is 32.1. The van der Waals surface area contributed by atoms with Crippen LogP contribution >= 0.6 is 11.3 Å². The van der Waals surface area contributed by atoms with Crippen LogP contribution in [0.25, 0.3) is 55.0 Å². The summed E-state index contributed by atoms with van der Waals surface area (Å²) in [6.45, 7) is 2.12. The van der Waals surface area contributed by atoms with Crippen molar-refractivity contribution < 1.29 is 4.79 Å².